The molecule has 0 N–H and O–H groups in total. The number of hydrogen-bond donors (Lipinski definition) is 0. The molecule has 0 saturated carbocycles. The lowest BCUT2D eigenvalue weighted by Crippen LogP contribution is -1.90. The van der Waals surface area contributed by atoms with E-state index in [9.17, 15) is 8.42 Å². The molecule has 0 aliphatic rings. The fourth-order valence-corrected chi connectivity index (χ4v) is 2.32. The van der Waals surface area contributed by atoms with Crippen LogP contribution in [0.1, 0.15) is 11.1 Å². The number of sulfonamides is 1. The highest BCUT2D eigenvalue weighted by molar-refractivity contribution is 7.97. The SMILES string of the molecule is Cc1ccc([N-]S(=O)(=O)C=Cc2ccccc2)cc1. The Bertz CT molecular complexity index is 659. The molecule has 0 saturated heterocycles. The van der Waals surface area contributed by atoms with Crippen LogP contribution in [0.15, 0.2) is 60.0 Å². The lowest BCUT2D eigenvalue weighted by molar-refractivity contribution is 0.611. The molecule has 3 nitrogen and oxygen atoms in total. The van der Waals surface area contributed by atoms with Gasteiger partial charge in [-0.15, -0.1) is 5.69 Å². The van der Waals surface area contributed by atoms with Crippen molar-refractivity contribution < 1.29 is 8.42 Å². The first-order valence-electron chi connectivity index (χ1n) is 5.83. The Hall–Kier alpha value is -2.07. The molecule has 2 aromatic carbocycles. The minimum atomic E-state index is -3.60. The lowest BCUT2D eigenvalue weighted by atomic mass is 10.2. The lowest BCUT2D eigenvalue weighted by Gasteiger charge is -2.19. The summed E-state index contributed by atoms with van der Waals surface area (Å²) < 4.78 is 27.3. The summed E-state index contributed by atoms with van der Waals surface area (Å²) in [6.07, 6.45) is 1.53. The molecule has 0 bridgehead atoms. The molecule has 0 atom stereocenters. The minimum Gasteiger partial charge on any atom is -0.573 e. The molecule has 98 valence electrons. The van der Waals surface area contributed by atoms with Crippen LogP contribution in [-0.2, 0) is 10.0 Å². The second-order valence-corrected chi connectivity index (χ2v) is 5.64. The van der Waals surface area contributed by atoms with E-state index in [1.54, 1.807) is 12.1 Å². The van der Waals surface area contributed by atoms with Gasteiger partial charge in [-0.3, -0.25) is 0 Å². The molecule has 2 aromatic rings. The van der Waals surface area contributed by atoms with Gasteiger partial charge >= 0.3 is 0 Å². The van der Waals surface area contributed by atoms with Gasteiger partial charge in [0.1, 0.15) is 10.0 Å². The zero-order valence-corrected chi connectivity index (χ0v) is 11.3. The standard InChI is InChI=1S/C15H14NO2S/c1-13-7-9-15(10-8-13)16-19(17,18)12-11-14-5-3-2-4-6-14/h2-12H,1H3/q-1. The number of hydrogen-bond acceptors (Lipinski definition) is 2. The van der Waals surface area contributed by atoms with E-state index >= 15 is 0 Å². The number of nitrogens with zero attached hydrogens (tertiary/aromatic N) is 1. The first kappa shape index (κ1) is 13.4. The molecule has 0 radical (unpaired) electrons. The molecule has 2 rings (SSSR count). The monoisotopic (exact) mass is 272 g/mol. The Kier molecular flexibility index (Phi) is 4.02. The fourth-order valence-electron chi connectivity index (χ4n) is 1.51. The topological polar surface area (TPSA) is 48.2 Å². The minimum absolute atomic E-state index is 0.434. The predicted molar refractivity (Wildman–Crippen MR) is 78.6 cm³/mol. The third-order valence-electron chi connectivity index (χ3n) is 2.50. The van der Waals surface area contributed by atoms with Gasteiger partial charge in [0.15, 0.2) is 0 Å². The van der Waals surface area contributed by atoms with E-state index in [4.69, 9.17) is 0 Å². The molecule has 4 heteroatoms. The second kappa shape index (κ2) is 5.71. The molecular formula is C15H14NO2S-. The predicted octanol–water partition coefficient (Wildman–Crippen LogP) is 4.00. The Morgan fingerprint density at radius 1 is 0.947 bits per heavy atom. The van der Waals surface area contributed by atoms with Crippen molar-refractivity contribution in [1.29, 1.82) is 0 Å². The summed E-state index contributed by atoms with van der Waals surface area (Å²) in [6, 6.07) is 16.3. The molecule has 0 heterocycles. The van der Waals surface area contributed by atoms with Crippen molar-refractivity contribution in [3.63, 3.8) is 0 Å². The first-order chi connectivity index (χ1) is 9.05. The van der Waals surface area contributed by atoms with E-state index in [2.05, 4.69) is 4.72 Å². The van der Waals surface area contributed by atoms with Crippen molar-refractivity contribution in [3.8, 4) is 0 Å². The van der Waals surface area contributed by atoms with Gasteiger partial charge in [0, 0.05) is 5.41 Å². The molecule has 0 aliphatic heterocycles. The van der Waals surface area contributed by atoms with E-state index in [0.717, 1.165) is 16.5 Å². The van der Waals surface area contributed by atoms with Crippen LogP contribution in [0.5, 0.6) is 0 Å². The van der Waals surface area contributed by atoms with Crippen LogP contribution in [0, 0.1) is 6.92 Å². The van der Waals surface area contributed by atoms with Crippen LogP contribution in [0.2, 0.25) is 0 Å². The highest BCUT2D eigenvalue weighted by Gasteiger charge is 1.93. The summed E-state index contributed by atoms with van der Waals surface area (Å²) in [7, 11) is -3.60. The van der Waals surface area contributed by atoms with Crippen LogP contribution in [0.3, 0.4) is 0 Å². The van der Waals surface area contributed by atoms with E-state index in [1.165, 1.54) is 6.08 Å². The van der Waals surface area contributed by atoms with Crippen molar-refractivity contribution >= 4 is 21.8 Å². The third kappa shape index (κ3) is 4.26. The largest absolute Gasteiger partial charge is 0.573 e. The normalized spacial score (nSPS) is 11.6. The highest BCUT2D eigenvalue weighted by Crippen LogP contribution is 2.23. The van der Waals surface area contributed by atoms with Crippen molar-refractivity contribution in [3.05, 3.63) is 75.9 Å². The van der Waals surface area contributed by atoms with Crippen LogP contribution < -0.4 is 0 Å². The van der Waals surface area contributed by atoms with Gasteiger partial charge in [-0.05, 0) is 18.6 Å². The number of rotatable bonds is 4. The average molecular weight is 272 g/mol. The van der Waals surface area contributed by atoms with E-state index < -0.39 is 10.0 Å². The molecule has 0 amide bonds. The molecule has 0 spiro atoms. The van der Waals surface area contributed by atoms with Crippen molar-refractivity contribution in [2.75, 3.05) is 0 Å². The Morgan fingerprint density at radius 2 is 1.58 bits per heavy atom. The van der Waals surface area contributed by atoms with Crippen LogP contribution >= 0.6 is 0 Å². The van der Waals surface area contributed by atoms with Crippen molar-refractivity contribution in [1.82, 2.24) is 0 Å². The number of benzene rings is 2. The van der Waals surface area contributed by atoms with Gasteiger partial charge in [-0.25, -0.2) is 8.42 Å². The van der Waals surface area contributed by atoms with Gasteiger partial charge in [0.2, 0.25) is 0 Å². The van der Waals surface area contributed by atoms with Gasteiger partial charge in [-0.1, -0.05) is 60.2 Å². The smallest absolute Gasteiger partial charge is 0.116 e. The molecule has 19 heavy (non-hydrogen) atoms. The average Bonchev–Trinajstić information content (AvgIpc) is 2.40. The molecule has 0 aromatic heterocycles. The fraction of sp³-hybridized carbons (Fsp3) is 0.0667. The van der Waals surface area contributed by atoms with E-state index in [1.807, 2.05) is 49.4 Å². The Morgan fingerprint density at radius 3 is 2.21 bits per heavy atom. The third-order valence-corrected chi connectivity index (χ3v) is 3.44. The maximum Gasteiger partial charge on any atom is 0.116 e. The summed E-state index contributed by atoms with van der Waals surface area (Å²) >= 11 is 0. The van der Waals surface area contributed by atoms with E-state index in [0.29, 0.717) is 5.69 Å². The first-order valence-corrected chi connectivity index (χ1v) is 7.33. The Balaban J connectivity index is 2.11. The quantitative estimate of drug-likeness (QED) is 0.844. The van der Waals surface area contributed by atoms with Crippen LogP contribution in [0.25, 0.3) is 10.8 Å². The summed E-state index contributed by atoms with van der Waals surface area (Å²) in [5, 5.41) is 1.11. The molecule has 0 fully saturated rings. The maximum atomic E-state index is 11.8. The van der Waals surface area contributed by atoms with Gasteiger partial charge in [0.25, 0.3) is 0 Å². The van der Waals surface area contributed by atoms with E-state index in [-0.39, 0.29) is 0 Å². The van der Waals surface area contributed by atoms with Gasteiger partial charge in [0.05, 0.1) is 0 Å². The summed E-state index contributed by atoms with van der Waals surface area (Å²) in [4.78, 5) is 0. The van der Waals surface area contributed by atoms with Gasteiger partial charge < -0.3 is 4.72 Å². The van der Waals surface area contributed by atoms with Crippen LogP contribution in [0.4, 0.5) is 5.69 Å². The van der Waals surface area contributed by atoms with Crippen LogP contribution in [-0.4, -0.2) is 8.42 Å². The summed E-state index contributed by atoms with van der Waals surface area (Å²) in [6.45, 7) is 1.94. The maximum absolute atomic E-state index is 11.8. The van der Waals surface area contributed by atoms with Crippen molar-refractivity contribution in [2.24, 2.45) is 0 Å². The molecule has 0 unspecified atom stereocenters. The van der Waals surface area contributed by atoms with Crippen molar-refractivity contribution in [2.45, 2.75) is 6.92 Å². The van der Waals surface area contributed by atoms with Gasteiger partial charge in [-0.2, -0.15) is 0 Å². The zero-order valence-electron chi connectivity index (χ0n) is 10.5. The summed E-state index contributed by atoms with van der Waals surface area (Å²) in [5.74, 6) is 0. The second-order valence-electron chi connectivity index (χ2n) is 4.16. The Labute approximate surface area is 113 Å². The molecule has 0 aliphatic carbocycles. The highest BCUT2D eigenvalue weighted by atomic mass is 32.2. The molecular weight excluding hydrogens is 258 g/mol. The summed E-state index contributed by atoms with van der Waals surface area (Å²) in [5.41, 5.74) is 2.32. The number of aryl methyl sites for hydroxylation is 1. The zero-order chi connectivity index (χ0) is 13.7.